The summed E-state index contributed by atoms with van der Waals surface area (Å²) in [5.74, 6) is -1.56. The molecular formula is C33H40Cl3N5O5. The van der Waals surface area contributed by atoms with Gasteiger partial charge in [0.1, 0.15) is 18.2 Å². The molecule has 1 aliphatic rings. The van der Waals surface area contributed by atoms with E-state index in [0.717, 1.165) is 21.7 Å². The van der Waals surface area contributed by atoms with E-state index >= 15 is 0 Å². The Morgan fingerprint density at radius 1 is 1.04 bits per heavy atom. The number of nitrogens with two attached hydrogens (primary N) is 1. The highest BCUT2D eigenvalue weighted by molar-refractivity contribution is 6.38. The smallest absolute Gasteiger partial charge is 0.408 e. The molecule has 0 fully saturated rings. The molecule has 13 heteroatoms. The summed E-state index contributed by atoms with van der Waals surface area (Å²) in [6.07, 6.45) is 1.03. The summed E-state index contributed by atoms with van der Waals surface area (Å²) in [6, 6.07) is 8.27. The third-order valence-corrected chi connectivity index (χ3v) is 9.60. The molecule has 46 heavy (non-hydrogen) atoms. The number of nitrogens with zero attached hydrogens (tertiary/aromatic N) is 1. The number of urea groups is 1. The van der Waals surface area contributed by atoms with Crippen LogP contribution in [-0.2, 0) is 33.8 Å². The molecule has 5 amide bonds. The molecule has 4 rings (SSSR count). The summed E-state index contributed by atoms with van der Waals surface area (Å²) in [7, 11) is 0. The van der Waals surface area contributed by atoms with Crippen LogP contribution >= 0.6 is 34.8 Å². The molecule has 248 valence electrons. The van der Waals surface area contributed by atoms with Gasteiger partial charge >= 0.3 is 12.1 Å². The summed E-state index contributed by atoms with van der Waals surface area (Å²) < 4.78 is 5.40. The van der Waals surface area contributed by atoms with Crippen LogP contribution in [0.1, 0.15) is 63.8 Å². The Morgan fingerprint density at radius 3 is 2.37 bits per heavy atom. The predicted molar refractivity (Wildman–Crippen MR) is 180 cm³/mol. The fourth-order valence-electron chi connectivity index (χ4n) is 5.70. The van der Waals surface area contributed by atoms with Crippen molar-refractivity contribution in [1.29, 1.82) is 0 Å². The van der Waals surface area contributed by atoms with E-state index in [2.05, 4.69) is 15.6 Å². The van der Waals surface area contributed by atoms with Crippen LogP contribution in [0.3, 0.4) is 0 Å². The first-order valence-electron chi connectivity index (χ1n) is 15.4. The van der Waals surface area contributed by atoms with E-state index in [4.69, 9.17) is 45.3 Å². The van der Waals surface area contributed by atoms with Gasteiger partial charge in [0, 0.05) is 34.1 Å². The third kappa shape index (κ3) is 7.90. The molecule has 4 atom stereocenters. The second-order valence-corrected chi connectivity index (χ2v) is 13.4. The number of fused-ring (bicyclic) bond motifs is 3. The quantitative estimate of drug-likeness (QED) is 0.175. The standard InChI is InChI=1S/C33H40Cl3N5O5/c1-5-18(3)16-41(31(37)44)30(43)33(12-11-26-24(15-33)23-13-22(35)14-25(36)28(23)38-26)40-29(42)27(19(4)6-2)39-32(45)46-17-20-7-9-21(34)10-8-20/h7-10,13-14,18-19,27,38H,5-6,11-12,15-17H2,1-4H3,(H2,37,44)(H,39,45)(H,40,42)/t18-,19-,27?,33+/m0/s1. The highest BCUT2D eigenvalue weighted by Gasteiger charge is 2.48. The minimum absolute atomic E-state index is 0.0287. The average Bonchev–Trinajstić information content (AvgIpc) is 3.38. The highest BCUT2D eigenvalue weighted by Crippen LogP contribution is 2.39. The number of aromatic amines is 1. The Morgan fingerprint density at radius 2 is 1.74 bits per heavy atom. The normalized spacial score (nSPS) is 17.8. The van der Waals surface area contributed by atoms with Gasteiger partial charge in [-0.25, -0.2) is 9.59 Å². The molecule has 0 saturated heterocycles. The SMILES string of the molecule is CC[C@H](C)CN(C(N)=O)C(=O)[C@@]1(NC(=O)C(NC(=O)OCc2ccc(Cl)cc2)[C@@H](C)CC)CCc2[nH]c3c(Cl)cc(Cl)cc3c2C1. The van der Waals surface area contributed by atoms with Crippen molar-refractivity contribution in [3.63, 3.8) is 0 Å². The fourth-order valence-corrected chi connectivity index (χ4v) is 6.37. The van der Waals surface area contributed by atoms with E-state index in [0.29, 0.717) is 45.2 Å². The van der Waals surface area contributed by atoms with Crippen LogP contribution in [-0.4, -0.2) is 51.9 Å². The minimum atomic E-state index is -1.56. The maximum atomic E-state index is 14.4. The number of aryl methyl sites for hydroxylation is 1. The van der Waals surface area contributed by atoms with E-state index in [-0.39, 0.29) is 37.8 Å². The number of aromatic nitrogens is 1. The van der Waals surface area contributed by atoms with E-state index in [1.165, 1.54) is 0 Å². The summed E-state index contributed by atoms with van der Waals surface area (Å²) in [5.41, 5.74) is 7.19. The van der Waals surface area contributed by atoms with Crippen LogP contribution in [0.15, 0.2) is 36.4 Å². The second-order valence-electron chi connectivity index (χ2n) is 12.1. The van der Waals surface area contributed by atoms with Gasteiger partial charge in [0.2, 0.25) is 5.91 Å². The minimum Gasteiger partial charge on any atom is -0.445 e. The number of halogens is 3. The Kier molecular flexibility index (Phi) is 11.5. The van der Waals surface area contributed by atoms with Gasteiger partial charge in [-0.15, -0.1) is 0 Å². The zero-order valence-corrected chi connectivity index (χ0v) is 28.6. The van der Waals surface area contributed by atoms with E-state index < -0.39 is 35.5 Å². The summed E-state index contributed by atoms with van der Waals surface area (Å²) in [5, 5.41) is 7.78. The number of carbonyl (C=O) groups is 4. The molecule has 10 nitrogen and oxygen atoms in total. The molecule has 0 bridgehead atoms. The molecule has 0 radical (unpaired) electrons. The Hall–Kier alpha value is -3.47. The number of imide groups is 1. The largest absolute Gasteiger partial charge is 0.445 e. The van der Waals surface area contributed by atoms with Crippen molar-refractivity contribution in [2.24, 2.45) is 17.6 Å². The monoisotopic (exact) mass is 691 g/mol. The Labute approximate surface area is 283 Å². The van der Waals surface area contributed by atoms with Crippen molar-refractivity contribution in [3.8, 4) is 0 Å². The number of hydrogen-bond donors (Lipinski definition) is 4. The van der Waals surface area contributed by atoms with Crippen LogP contribution in [0.4, 0.5) is 9.59 Å². The van der Waals surface area contributed by atoms with Crippen molar-refractivity contribution in [3.05, 3.63) is 68.3 Å². The maximum absolute atomic E-state index is 14.4. The van der Waals surface area contributed by atoms with Gasteiger partial charge in [0.25, 0.3) is 5.91 Å². The lowest BCUT2D eigenvalue weighted by atomic mass is 9.78. The number of benzene rings is 2. The van der Waals surface area contributed by atoms with Crippen LogP contribution in [0.5, 0.6) is 0 Å². The zero-order chi connectivity index (χ0) is 33.8. The summed E-state index contributed by atoms with van der Waals surface area (Å²) in [4.78, 5) is 58.5. The lowest BCUT2D eigenvalue weighted by Gasteiger charge is -2.41. The van der Waals surface area contributed by atoms with Crippen LogP contribution < -0.4 is 16.4 Å². The third-order valence-electron chi connectivity index (χ3n) is 8.83. The van der Waals surface area contributed by atoms with Gasteiger partial charge < -0.3 is 26.1 Å². The zero-order valence-electron chi connectivity index (χ0n) is 26.3. The molecule has 2 aromatic carbocycles. The van der Waals surface area contributed by atoms with Crippen LogP contribution in [0, 0.1) is 11.8 Å². The Bertz CT molecular complexity index is 1610. The predicted octanol–water partition coefficient (Wildman–Crippen LogP) is 6.77. The van der Waals surface area contributed by atoms with Crippen molar-refractivity contribution in [2.45, 2.75) is 78.0 Å². The van der Waals surface area contributed by atoms with Crippen molar-refractivity contribution >= 4 is 69.6 Å². The van der Waals surface area contributed by atoms with E-state index in [1.54, 1.807) is 36.4 Å². The molecule has 0 saturated carbocycles. The molecule has 5 N–H and O–H groups in total. The number of alkyl carbamates (subject to hydrolysis) is 1. The first kappa shape index (κ1) is 35.4. The number of H-pyrrole nitrogens is 1. The molecule has 1 aliphatic carbocycles. The van der Waals surface area contributed by atoms with Gasteiger partial charge in [0.15, 0.2) is 0 Å². The van der Waals surface area contributed by atoms with E-state index in [9.17, 15) is 19.2 Å². The highest BCUT2D eigenvalue weighted by atomic mass is 35.5. The van der Waals surface area contributed by atoms with E-state index in [1.807, 2.05) is 27.7 Å². The van der Waals surface area contributed by atoms with Gasteiger partial charge in [-0.05, 0) is 60.1 Å². The van der Waals surface area contributed by atoms with Gasteiger partial charge in [0.05, 0.1) is 10.5 Å². The average molecular weight is 693 g/mol. The fraction of sp³-hybridized carbons (Fsp3) is 0.455. The van der Waals surface area contributed by atoms with Gasteiger partial charge in [-0.2, -0.15) is 0 Å². The lowest BCUT2D eigenvalue weighted by Crippen LogP contribution is -2.66. The number of nitrogens with one attached hydrogen (secondary N) is 3. The van der Waals surface area contributed by atoms with Crippen molar-refractivity contribution < 1.29 is 23.9 Å². The maximum Gasteiger partial charge on any atom is 0.408 e. The first-order valence-corrected chi connectivity index (χ1v) is 16.5. The molecule has 0 spiro atoms. The topological polar surface area (TPSA) is 147 Å². The number of hydrogen-bond acceptors (Lipinski definition) is 5. The molecule has 1 heterocycles. The summed E-state index contributed by atoms with van der Waals surface area (Å²) >= 11 is 18.8. The number of carbonyl (C=O) groups excluding carboxylic acids is 4. The first-order chi connectivity index (χ1) is 21.8. The Balaban J connectivity index is 1.68. The number of rotatable bonds is 11. The second kappa shape index (κ2) is 15.0. The molecule has 1 aromatic heterocycles. The molecule has 0 aliphatic heterocycles. The van der Waals surface area contributed by atoms with Crippen molar-refractivity contribution in [2.75, 3.05) is 6.54 Å². The molecule has 3 aromatic rings. The molecule has 1 unspecified atom stereocenters. The van der Waals surface area contributed by atoms with Crippen LogP contribution in [0.2, 0.25) is 15.1 Å². The number of amides is 5. The van der Waals surface area contributed by atoms with Gasteiger partial charge in [-0.3, -0.25) is 14.5 Å². The summed E-state index contributed by atoms with van der Waals surface area (Å²) in [6.45, 7) is 7.63. The van der Waals surface area contributed by atoms with Crippen LogP contribution in [0.25, 0.3) is 10.9 Å². The lowest BCUT2D eigenvalue weighted by molar-refractivity contribution is -0.141. The van der Waals surface area contributed by atoms with Crippen molar-refractivity contribution in [1.82, 2.24) is 20.5 Å². The number of primary amides is 1. The molecular weight excluding hydrogens is 653 g/mol. The van der Waals surface area contributed by atoms with Gasteiger partial charge in [-0.1, -0.05) is 87.5 Å². The number of ether oxygens (including phenoxy) is 1.